The summed E-state index contributed by atoms with van der Waals surface area (Å²) in [5.74, 6) is -0.557. The molecule has 0 spiro atoms. The highest BCUT2D eigenvalue weighted by Gasteiger charge is 2.40. The van der Waals surface area contributed by atoms with Gasteiger partial charge in [0.25, 0.3) is 0 Å². The van der Waals surface area contributed by atoms with Gasteiger partial charge in [-0.1, -0.05) is 6.42 Å². The maximum Gasteiger partial charge on any atom is 0.325 e. The molecule has 0 aliphatic heterocycles. The molecule has 1 rings (SSSR count). The molecule has 0 aromatic rings. The van der Waals surface area contributed by atoms with Crippen LogP contribution in [0.1, 0.15) is 26.2 Å². The number of nitrogens with two attached hydrogens (primary N) is 1. The minimum Gasteiger partial charge on any atom is -0.468 e. The standard InChI is InChI=1S/C11H22N2O4S/c1-8(11(14)17-3)18(15,16)13(2)10-6-4-5-9(10)7-12/h8-10H,4-7,12H2,1-3H3. The van der Waals surface area contributed by atoms with Crippen molar-refractivity contribution < 1.29 is 17.9 Å². The minimum absolute atomic E-state index is 0.105. The molecule has 1 saturated carbocycles. The van der Waals surface area contributed by atoms with E-state index in [2.05, 4.69) is 4.74 Å². The molecule has 6 nitrogen and oxygen atoms in total. The van der Waals surface area contributed by atoms with Crippen molar-refractivity contribution in [2.75, 3.05) is 20.7 Å². The van der Waals surface area contributed by atoms with Crippen LogP contribution < -0.4 is 5.73 Å². The summed E-state index contributed by atoms with van der Waals surface area (Å²) in [6.45, 7) is 1.82. The van der Waals surface area contributed by atoms with Gasteiger partial charge >= 0.3 is 5.97 Å². The SMILES string of the molecule is COC(=O)C(C)S(=O)(=O)N(C)C1CCCC1CN. The molecule has 0 aromatic heterocycles. The Balaban J connectivity index is 2.88. The molecule has 0 bridgehead atoms. The van der Waals surface area contributed by atoms with Gasteiger partial charge in [0.05, 0.1) is 7.11 Å². The zero-order valence-electron chi connectivity index (χ0n) is 11.1. The van der Waals surface area contributed by atoms with Gasteiger partial charge in [-0.15, -0.1) is 0 Å². The van der Waals surface area contributed by atoms with Crippen LogP contribution in [0.3, 0.4) is 0 Å². The Kier molecular flexibility index (Phi) is 5.12. The number of rotatable bonds is 5. The molecule has 0 heterocycles. The number of methoxy groups -OCH3 is 1. The van der Waals surface area contributed by atoms with Crippen LogP contribution in [0.15, 0.2) is 0 Å². The van der Waals surface area contributed by atoms with Crippen LogP contribution in [0.5, 0.6) is 0 Å². The largest absolute Gasteiger partial charge is 0.468 e. The van der Waals surface area contributed by atoms with Gasteiger partial charge in [-0.05, 0) is 32.2 Å². The van der Waals surface area contributed by atoms with Crippen molar-refractivity contribution in [3.8, 4) is 0 Å². The molecule has 2 N–H and O–H groups in total. The predicted octanol–water partition coefficient (Wildman–Crippen LogP) is -0.0631. The number of ether oxygens (including phenoxy) is 1. The van der Waals surface area contributed by atoms with Crippen LogP contribution in [-0.2, 0) is 19.6 Å². The van der Waals surface area contributed by atoms with E-state index in [-0.39, 0.29) is 12.0 Å². The van der Waals surface area contributed by atoms with Gasteiger partial charge in [-0.3, -0.25) is 4.79 Å². The van der Waals surface area contributed by atoms with Gasteiger partial charge in [0.1, 0.15) is 0 Å². The minimum atomic E-state index is -3.67. The monoisotopic (exact) mass is 278 g/mol. The number of nitrogens with zero attached hydrogens (tertiary/aromatic N) is 1. The molecule has 7 heteroatoms. The number of carbonyl (C=O) groups excluding carboxylic acids is 1. The van der Waals surface area contributed by atoms with Crippen molar-refractivity contribution in [1.29, 1.82) is 0 Å². The van der Waals surface area contributed by atoms with E-state index in [9.17, 15) is 13.2 Å². The zero-order valence-corrected chi connectivity index (χ0v) is 11.9. The third-order valence-corrected chi connectivity index (χ3v) is 5.93. The van der Waals surface area contributed by atoms with Gasteiger partial charge in [-0.2, -0.15) is 0 Å². The summed E-state index contributed by atoms with van der Waals surface area (Å²) < 4.78 is 30.3. The molecule has 1 aliphatic carbocycles. The second-order valence-corrected chi connectivity index (χ2v) is 7.03. The first-order valence-electron chi connectivity index (χ1n) is 6.11. The fourth-order valence-corrected chi connectivity index (χ4v) is 3.99. The molecule has 0 aromatic carbocycles. The van der Waals surface area contributed by atoms with E-state index < -0.39 is 21.2 Å². The summed E-state index contributed by atoms with van der Waals surface area (Å²) in [6.07, 6.45) is 2.71. The lowest BCUT2D eigenvalue weighted by Crippen LogP contribution is -2.47. The second kappa shape index (κ2) is 5.99. The van der Waals surface area contributed by atoms with Crippen LogP contribution in [0, 0.1) is 5.92 Å². The molecular formula is C11H22N2O4S. The van der Waals surface area contributed by atoms with E-state index in [1.807, 2.05) is 0 Å². The van der Waals surface area contributed by atoms with Gasteiger partial charge in [0.15, 0.2) is 5.25 Å². The number of esters is 1. The lowest BCUT2D eigenvalue weighted by atomic mass is 10.0. The van der Waals surface area contributed by atoms with E-state index >= 15 is 0 Å². The third kappa shape index (κ3) is 2.84. The average molecular weight is 278 g/mol. The molecule has 3 atom stereocenters. The molecule has 0 saturated heterocycles. The van der Waals surface area contributed by atoms with Crippen molar-refractivity contribution in [3.63, 3.8) is 0 Å². The molecule has 106 valence electrons. The van der Waals surface area contributed by atoms with Crippen molar-refractivity contribution >= 4 is 16.0 Å². The maximum absolute atomic E-state index is 12.3. The summed E-state index contributed by atoms with van der Waals surface area (Å²) in [5, 5.41) is -1.17. The highest BCUT2D eigenvalue weighted by molar-refractivity contribution is 7.90. The Bertz CT molecular complexity index is 396. The molecule has 18 heavy (non-hydrogen) atoms. The summed E-state index contributed by atoms with van der Waals surface area (Å²) in [5.41, 5.74) is 5.65. The van der Waals surface area contributed by atoms with E-state index in [1.54, 1.807) is 0 Å². The summed E-state index contributed by atoms with van der Waals surface area (Å²) in [4.78, 5) is 11.4. The first-order chi connectivity index (χ1) is 8.36. The lowest BCUT2D eigenvalue weighted by molar-refractivity contribution is -0.139. The Labute approximate surface area is 109 Å². The van der Waals surface area contributed by atoms with Crippen molar-refractivity contribution in [1.82, 2.24) is 4.31 Å². The molecule has 1 fully saturated rings. The molecule has 0 radical (unpaired) electrons. The normalized spacial score (nSPS) is 26.3. The van der Waals surface area contributed by atoms with Crippen LogP contribution >= 0.6 is 0 Å². The van der Waals surface area contributed by atoms with E-state index in [1.165, 1.54) is 25.4 Å². The summed E-state index contributed by atoms with van der Waals surface area (Å²) >= 11 is 0. The fourth-order valence-electron chi connectivity index (χ4n) is 2.50. The average Bonchev–Trinajstić information content (AvgIpc) is 2.83. The van der Waals surface area contributed by atoms with Gasteiger partial charge in [-0.25, -0.2) is 12.7 Å². The summed E-state index contributed by atoms with van der Waals surface area (Å²) in [6, 6.07) is -0.105. The molecule has 1 aliphatic rings. The predicted molar refractivity (Wildman–Crippen MR) is 68.3 cm³/mol. The summed E-state index contributed by atoms with van der Waals surface area (Å²) in [7, 11) is -0.965. The molecule has 0 amide bonds. The highest BCUT2D eigenvalue weighted by Crippen LogP contribution is 2.30. The smallest absolute Gasteiger partial charge is 0.325 e. The molecule has 3 unspecified atom stereocenters. The Hall–Kier alpha value is -0.660. The number of sulfonamides is 1. The third-order valence-electron chi connectivity index (χ3n) is 3.77. The molecular weight excluding hydrogens is 256 g/mol. The van der Waals surface area contributed by atoms with E-state index in [4.69, 9.17) is 5.73 Å². The van der Waals surface area contributed by atoms with Crippen molar-refractivity contribution in [3.05, 3.63) is 0 Å². The first-order valence-corrected chi connectivity index (χ1v) is 7.61. The Morgan fingerprint density at radius 3 is 2.61 bits per heavy atom. The van der Waals surface area contributed by atoms with Crippen LogP contribution in [0.2, 0.25) is 0 Å². The van der Waals surface area contributed by atoms with E-state index in [0.29, 0.717) is 6.54 Å². The van der Waals surface area contributed by atoms with Crippen LogP contribution in [0.4, 0.5) is 0 Å². The lowest BCUT2D eigenvalue weighted by Gasteiger charge is -2.29. The van der Waals surface area contributed by atoms with Gasteiger partial charge in [0, 0.05) is 13.1 Å². The second-order valence-electron chi connectivity index (χ2n) is 4.72. The maximum atomic E-state index is 12.3. The van der Waals surface area contributed by atoms with Crippen molar-refractivity contribution in [2.45, 2.75) is 37.5 Å². The fraction of sp³-hybridized carbons (Fsp3) is 0.909. The zero-order chi connectivity index (χ0) is 13.9. The quantitative estimate of drug-likeness (QED) is 0.711. The Morgan fingerprint density at radius 2 is 2.11 bits per heavy atom. The van der Waals surface area contributed by atoms with Gasteiger partial charge in [0.2, 0.25) is 10.0 Å². The highest BCUT2D eigenvalue weighted by atomic mass is 32.2. The van der Waals surface area contributed by atoms with Gasteiger partial charge < -0.3 is 10.5 Å². The number of hydrogen-bond donors (Lipinski definition) is 1. The topological polar surface area (TPSA) is 89.7 Å². The first kappa shape index (κ1) is 15.4. The van der Waals surface area contributed by atoms with Crippen LogP contribution in [0.25, 0.3) is 0 Å². The van der Waals surface area contributed by atoms with Crippen LogP contribution in [-0.4, -0.2) is 50.7 Å². The van der Waals surface area contributed by atoms with Crippen molar-refractivity contribution in [2.24, 2.45) is 11.7 Å². The Morgan fingerprint density at radius 1 is 1.50 bits per heavy atom. The van der Waals surface area contributed by atoms with E-state index in [0.717, 1.165) is 19.3 Å². The number of carbonyl (C=O) groups is 1. The number of hydrogen-bond acceptors (Lipinski definition) is 5.